The fourth-order valence-corrected chi connectivity index (χ4v) is 2.11. The van der Waals surface area contributed by atoms with Crippen LogP contribution in [0.5, 0.6) is 0 Å². The first-order chi connectivity index (χ1) is 5.18. The van der Waals surface area contributed by atoms with Crippen LogP contribution >= 0.6 is 0 Å². The van der Waals surface area contributed by atoms with Gasteiger partial charge in [-0.2, -0.15) is 4.91 Å². The Balaban J connectivity index is 2.39. The minimum atomic E-state index is 0.315. The molecule has 0 saturated heterocycles. The molecule has 1 aliphatic carbocycles. The van der Waals surface area contributed by atoms with Crippen LogP contribution < -0.4 is 0 Å². The van der Waals surface area contributed by atoms with Crippen LogP contribution in [0.1, 0.15) is 39.5 Å². The predicted molar refractivity (Wildman–Crippen MR) is 46.4 cm³/mol. The van der Waals surface area contributed by atoms with E-state index in [1.54, 1.807) is 0 Å². The molecule has 1 fully saturated rings. The zero-order chi connectivity index (χ0) is 8.32. The molecule has 2 nitrogen and oxygen atoms in total. The van der Waals surface area contributed by atoms with Gasteiger partial charge in [0, 0.05) is 0 Å². The van der Waals surface area contributed by atoms with E-state index < -0.39 is 0 Å². The minimum absolute atomic E-state index is 0.315. The van der Waals surface area contributed by atoms with Crippen molar-refractivity contribution in [1.82, 2.24) is 0 Å². The molecular formula is C9H17NO. The number of hydrogen-bond acceptors (Lipinski definition) is 2. The highest BCUT2D eigenvalue weighted by molar-refractivity contribution is 4.89. The molecular weight excluding hydrogens is 138 g/mol. The largest absolute Gasteiger partial charge is 0.151 e. The summed E-state index contributed by atoms with van der Waals surface area (Å²) in [4.78, 5) is 10.1. The summed E-state index contributed by atoms with van der Waals surface area (Å²) in [6.07, 6.45) is 4.91. The van der Waals surface area contributed by atoms with E-state index in [0.29, 0.717) is 17.9 Å². The van der Waals surface area contributed by atoms with Crippen molar-refractivity contribution in [1.29, 1.82) is 0 Å². The molecule has 64 valence electrons. The van der Waals surface area contributed by atoms with Crippen LogP contribution in [0.15, 0.2) is 5.18 Å². The third-order valence-corrected chi connectivity index (χ3v) is 2.66. The fourth-order valence-electron chi connectivity index (χ4n) is 2.11. The maximum absolute atomic E-state index is 10.1. The quantitative estimate of drug-likeness (QED) is 0.574. The highest BCUT2D eigenvalue weighted by atomic mass is 16.3. The van der Waals surface area contributed by atoms with Gasteiger partial charge < -0.3 is 0 Å². The summed E-state index contributed by atoms with van der Waals surface area (Å²) >= 11 is 0. The average molecular weight is 155 g/mol. The molecule has 1 saturated carbocycles. The smallest absolute Gasteiger partial charge is 0.0867 e. The van der Waals surface area contributed by atoms with E-state index in [0.717, 1.165) is 0 Å². The van der Waals surface area contributed by atoms with Crippen molar-refractivity contribution in [2.24, 2.45) is 16.5 Å². The Labute approximate surface area is 68.3 Å². The fraction of sp³-hybridized carbons (Fsp3) is 1.00. The first kappa shape index (κ1) is 8.69. The predicted octanol–water partition coefficient (Wildman–Crippen LogP) is 2.97. The van der Waals surface area contributed by atoms with Crippen molar-refractivity contribution in [3.05, 3.63) is 4.91 Å². The second kappa shape index (κ2) is 3.33. The number of hydrogen-bond donors (Lipinski definition) is 0. The van der Waals surface area contributed by atoms with Crippen molar-refractivity contribution < 1.29 is 0 Å². The Hall–Kier alpha value is -0.400. The number of nitrogens with zero attached hydrogens (tertiary/aromatic N) is 1. The van der Waals surface area contributed by atoms with Crippen LogP contribution in [0.3, 0.4) is 0 Å². The van der Waals surface area contributed by atoms with Gasteiger partial charge in [-0.1, -0.05) is 25.4 Å². The second-order valence-electron chi connectivity index (χ2n) is 4.24. The van der Waals surface area contributed by atoms with E-state index in [9.17, 15) is 4.91 Å². The Morgan fingerprint density at radius 3 is 2.36 bits per heavy atom. The lowest BCUT2D eigenvalue weighted by atomic mass is 9.65. The third-order valence-electron chi connectivity index (χ3n) is 2.66. The van der Waals surface area contributed by atoms with E-state index in [1.165, 1.54) is 25.7 Å². The molecule has 0 aromatic rings. The third kappa shape index (κ3) is 2.01. The van der Waals surface area contributed by atoms with Gasteiger partial charge in [-0.15, -0.1) is 0 Å². The van der Waals surface area contributed by atoms with E-state index >= 15 is 0 Å². The van der Waals surface area contributed by atoms with Crippen LogP contribution in [0.25, 0.3) is 0 Å². The average Bonchev–Trinajstić information content (AvgIpc) is 1.82. The summed E-state index contributed by atoms with van der Waals surface area (Å²) in [6.45, 7) is 4.97. The molecule has 0 amide bonds. The van der Waals surface area contributed by atoms with Gasteiger partial charge in [0.25, 0.3) is 0 Å². The van der Waals surface area contributed by atoms with Gasteiger partial charge >= 0.3 is 0 Å². The van der Waals surface area contributed by atoms with Gasteiger partial charge in [0.2, 0.25) is 0 Å². The normalized spacial score (nSPS) is 21.4. The van der Waals surface area contributed by atoms with Crippen molar-refractivity contribution >= 4 is 0 Å². The van der Waals surface area contributed by atoms with E-state index in [2.05, 4.69) is 19.0 Å². The Bertz CT molecular complexity index is 138. The molecule has 1 aliphatic rings. The van der Waals surface area contributed by atoms with Gasteiger partial charge in [-0.3, -0.25) is 0 Å². The Kier molecular flexibility index (Phi) is 2.63. The van der Waals surface area contributed by atoms with E-state index in [1.807, 2.05) is 0 Å². The Morgan fingerprint density at radius 2 is 2.09 bits per heavy atom. The zero-order valence-electron chi connectivity index (χ0n) is 7.47. The lowest BCUT2D eigenvalue weighted by molar-refractivity contribution is 0.111. The van der Waals surface area contributed by atoms with Crippen molar-refractivity contribution in [2.45, 2.75) is 39.5 Å². The molecule has 0 spiro atoms. The zero-order valence-corrected chi connectivity index (χ0v) is 7.47. The van der Waals surface area contributed by atoms with Crippen LogP contribution in [-0.2, 0) is 0 Å². The first-order valence-corrected chi connectivity index (χ1v) is 4.48. The maximum atomic E-state index is 10.1. The Morgan fingerprint density at radius 1 is 1.45 bits per heavy atom. The van der Waals surface area contributed by atoms with Gasteiger partial charge in [-0.05, 0) is 30.6 Å². The molecule has 11 heavy (non-hydrogen) atoms. The van der Waals surface area contributed by atoms with Crippen LogP contribution in [0, 0.1) is 16.2 Å². The van der Waals surface area contributed by atoms with Crippen LogP contribution in [-0.4, -0.2) is 6.54 Å². The van der Waals surface area contributed by atoms with Crippen molar-refractivity contribution in [3.8, 4) is 0 Å². The number of nitroso groups, excluding NO2 is 1. The molecule has 1 rings (SSSR count). The maximum Gasteiger partial charge on any atom is 0.0867 e. The lowest BCUT2D eigenvalue weighted by Gasteiger charge is -2.41. The molecule has 0 unspecified atom stereocenters. The topological polar surface area (TPSA) is 29.4 Å². The molecule has 0 aliphatic heterocycles. The molecule has 2 heteroatoms. The van der Waals surface area contributed by atoms with E-state index in [-0.39, 0.29) is 0 Å². The molecule has 0 radical (unpaired) electrons. The molecule has 0 atom stereocenters. The first-order valence-electron chi connectivity index (χ1n) is 4.48. The summed E-state index contributed by atoms with van der Waals surface area (Å²) in [5, 5.41) is 3.03. The molecule has 0 N–H and O–H groups in total. The molecule has 0 aromatic carbocycles. The summed E-state index contributed by atoms with van der Waals surface area (Å²) < 4.78 is 0. The molecule has 0 aromatic heterocycles. The lowest BCUT2D eigenvalue weighted by Crippen LogP contribution is -2.33. The van der Waals surface area contributed by atoms with E-state index in [4.69, 9.17) is 0 Å². The van der Waals surface area contributed by atoms with Gasteiger partial charge in [-0.25, -0.2) is 0 Å². The summed E-state index contributed by atoms with van der Waals surface area (Å²) in [6, 6.07) is 0. The highest BCUT2D eigenvalue weighted by Crippen LogP contribution is 2.45. The van der Waals surface area contributed by atoms with Gasteiger partial charge in [0.15, 0.2) is 0 Å². The van der Waals surface area contributed by atoms with Gasteiger partial charge in [0.1, 0.15) is 0 Å². The second-order valence-corrected chi connectivity index (χ2v) is 4.24. The monoisotopic (exact) mass is 155 g/mol. The highest BCUT2D eigenvalue weighted by Gasteiger charge is 2.37. The van der Waals surface area contributed by atoms with Gasteiger partial charge in [0.05, 0.1) is 6.54 Å². The van der Waals surface area contributed by atoms with Crippen molar-refractivity contribution in [3.63, 3.8) is 0 Å². The molecule has 0 bridgehead atoms. The summed E-state index contributed by atoms with van der Waals surface area (Å²) in [7, 11) is 0. The molecule has 0 heterocycles. The number of rotatable bonds is 4. The van der Waals surface area contributed by atoms with Crippen molar-refractivity contribution in [2.75, 3.05) is 6.54 Å². The summed E-state index contributed by atoms with van der Waals surface area (Å²) in [5.41, 5.74) is 0.315. The summed E-state index contributed by atoms with van der Waals surface area (Å²) in [5.74, 6) is 0.706. The standard InChI is InChI=1S/C9H17NO/c1-8(2)6-9(7-10-11)4-3-5-9/h8H,3-7H2,1-2H3. The SMILES string of the molecule is CC(C)CC1(CN=O)CCC1. The van der Waals surface area contributed by atoms with Crippen LogP contribution in [0.2, 0.25) is 0 Å². The minimum Gasteiger partial charge on any atom is -0.151 e. The van der Waals surface area contributed by atoms with Crippen LogP contribution in [0.4, 0.5) is 0 Å².